The minimum atomic E-state index is 0.260. The van der Waals surface area contributed by atoms with Gasteiger partial charge in [0.15, 0.2) is 0 Å². The molecule has 0 aliphatic heterocycles. The number of aliphatic hydroxyl groups is 1. The van der Waals surface area contributed by atoms with Gasteiger partial charge in [-0.25, -0.2) is 0 Å². The molecule has 122 valence electrons. The zero-order chi connectivity index (χ0) is 14.7. The Morgan fingerprint density at radius 3 is 1.70 bits per heavy atom. The van der Waals surface area contributed by atoms with Crippen LogP contribution in [-0.4, -0.2) is 44.9 Å². The quantitative estimate of drug-likeness (QED) is 0.329. The van der Waals surface area contributed by atoms with Crippen LogP contribution in [0.15, 0.2) is 0 Å². The molecule has 0 fully saturated rings. The second kappa shape index (κ2) is 18.8. The van der Waals surface area contributed by atoms with Gasteiger partial charge in [0, 0.05) is 33.0 Å². The number of unbranched alkanes of at least 4 members (excludes halogenated alkanes) is 6. The Labute approximate surface area is 124 Å². The Morgan fingerprint density at radius 2 is 1.10 bits per heavy atom. The van der Waals surface area contributed by atoms with Crippen molar-refractivity contribution in [2.45, 2.75) is 64.7 Å². The van der Waals surface area contributed by atoms with Gasteiger partial charge in [0.1, 0.15) is 6.79 Å². The van der Waals surface area contributed by atoms with Crippen LogP contribution >= 0.6 is 0 Å². The maximum atomic E-state index is 8.60. The van der Waals surface area contributed by atoms with Crippen LogP contribution < -0.4 is 0 Å². The lowest BCUT2D eigenvalue weighted by Gasteiger charge is -2.06. The Hall–Kier alpha value is -0.160. The first kappa shape index (κ1) is 19.8. The van der Waals surface area contributed by atoms with Crippen LogP contribution in [0.25, 0.3) is 0 Å². The van der Waals surface area contributed by atoms with Crippen molar-refractivity contribution in [3.05, 3.63) is 0 Å². The molecule has 4 nitrogen and oxygen atoms in total. The van der Waals surface area contributed by atoms with Crippen molar-refractivity contribution < 1.29 is 19.3 Å². The topological polar surface area (TPSA) is 47.9 Å². The summed E-state index contributed by atoms with van der Waals surface area (Å²) in [6, 6.07) is 0. The summed E-state index contributed by atoms with van der Waals surface area (Å²) in [4.78, 5) is 0. The zero-order valence-corrected chi connectivity index (χ0v) is 13.3. The van der Waals surface area contributed by atoms with E-state index in [-0.39, 0.29) is 6.61 Å². The van der Waals surface area contributed by atoms with Gasteiger partial charge in [-0.3, -0.25) is 0 Å². The molecular formula is C16H34O4. The summed E-state index contributed by atoms with van der Waals surface area (Å²) in [6.45, 7) is 6.01. The van der Waals surface area contributed by atoms with E-state index in [9.17, 15) is 0 Å². The summed E-state index contributed by atoms with van der Waals surface area (Å²) in [6.07, 6.45) is 10.2. The third-order valence-corrected chi connectivity index (χ3v) is 3.08. The highest BCUT2D eigenvalue weighted by atomic mass is 16.7. The highest BCUT2D eigenvalue weighted by molar-refractivity contribution is 4.41. The van der Waals surface area contributed by atoms with Crippen LogP contribution in [0.2, 0.25) is 0 Å². The van der Waals surface area contributed by atoms with E-state index in [1.807, 2.05) is 0 Å². The lowest BCUT2D eigenvalue weighted by atomic mass is 10.2. The summed E-state index contributed by atoms with van der Waals surface area (Å²) in [5, 5.41) is 8.60. The van der Waals surface area contributed by atoms with E-state index in [4.69, 9.17) is 19.3 Å². The normalized spacial score (nSPS) is 11.1. The van der Waals surface area contributed by atoms with Crippen molar-refractivity contribution in [1.82, 2.24) is 0 Å². The molecule has 0 rings (SSSR count). The first-order chi connectivity index (χ1) is 9.91. The first-order valence-electron chi connectivity index (χ1n) is 8.26. The Balaban J connectivity index is 2.89. The van der Waals surface area contributed by atoms with E-state index in [1.54, 1.807) is 0 Å². The minimum absolute atomic E-state index is 0.260. The van der Waals surface area contributed by atoms with E-state index in [2.05, 4.69) is 6.92 Å². The SMILES string of the molecule is CCCCCCCOCOCCCCOCCCCO. The molecule has 0 radical (unpaired) electrons. The molecule has 0 heterocycles. The third kappa shape index (κ3) is 17.8. The smallest absolute Gasteiger partial charge is 0.146 e. The molecule has 0 saturated heterocycles. The Bertz CT molecular complexity index is 147. The monoisotopic (exact) mass is 290 g/mol. The van der Waals surface area contributed by atoms with Gasteiger partial charge in [0.25, 0.3) is 0 Å². The minimum Gasteiger partial charge on any atom is -0.396 e. The fourth-order valence-electron chi connectivity index (χ4n) is 1.81. The molecule has 0 saturated carbocycles. The summed E-state index contributed by atoms with van der Waals surface area (Å²) < 4.78 is 16.2. The molecule has 0 aromatic heterocycles. The van der Waals surface area contributed by atoms with E-state index in [0.29, 0.717) is 6.79 Å². The van der Waals surface area contributed by atoms with Gasteiger partial charge in [-0.1, -0.05) is 32.6 Å². The van der Waals surface area contributed by atoms with Crippen LogP contribution in [0.3, 0.4) is 0 Å². The van der Waals surface area contributed by atoms with E-state index in [1.165, 1.54) is 25.7 Å². The maximum Gasteiger partial charge on any atom is 0.146 e. The van der Waals surface area contributed by atoms with Gasteiger partial charge < -0.3 is 19.3 Å². The van der Waals surface area contributed by atoms with Crippen molar-refractivity contribution in [2.24, 2.45) is 0 Å². The molecule has 0 amide bonds. The average Bonchev–Trinajstić information content (AvgIpc) is 2.47. The largest absolute Gasteiger partial charge is 0.396 e. The molecule has 1 N–H and O–H groups in total. The molecule has 0 spiro atoms. The van der Waals surface area contributed by atoms with Crippen molar-refractivity contribution in [3.8, 4) is 0 Å². The summed E-state index contributed by atoms with van der Waals surface area (Å²) in [5.41, 5.74) is 0. The lowest BCUT2D eigenvalue weighted by molar-refractivity contribution is -0.0565. The van der Waals surface area contributed by atoms with Crippen LogP contribution in [0.5, 0.6) is 0 Å². The summed E-state index contributed by atoms with van der Waals surface area (Å²) in [7, 11) is 0. The molecule has 4 heteroatoms. The fourth-order valence-corrected chi connectivity index (χ4v) is 1.81. The van der Waals surface area contributed by atoms with Crippen LogP contribution in [0, 0.1) is 0 Å². The van der Waals surface area contributed by atoms with Crippen molar-refractivity contribution in [3.63, 3.8) is 0 Å². The second-order valence-electron chi connectivity index (χ2n) is 5.10. The van der Waals surface area contributed by atoms with Gasteiger partial charge >= 0.3 is 0 Å². The highest BCUT2D eigenvalue weighted by Crippen LogP contribution is 2.02. The van der Waals surface area contributed by atoms with Crippen LogP contribution in [0.1, 0.15) is 64.7 Å². The number of hydrogen-bond acceptors (Lipinski definition) is 4. The molecule has 0 aliphatic rings. The standard InChI is InChI=1S/C16H34O4/c1-2-3-4-5-7-14-19-16-20-15-10-9-13-18-12-8-6-11-17/h17H,2-16H2,1H3. The van der Waals surface area contributed by atoms with Crippen molar-refractivity contribution >= 4 is 0 Å². The van der Waals surface area contributed by atoms with E-state index in [0.717, 1.165) is 58.5 Å². The molecule has 0 atom stereocenters. The molecular weight excluding hydrogens is 256 g/mol. The van der Waals surface area contributed by atoms with Gasteiger partial charge in [0.2, 0.25) is 0 Å². The number of ether oxygens (including phenoxy) is 3. The van der Waals surface area contributed by atoms with Gasteiger partial charge in [0.05, 0.1) is 0 Å². The summed E-state index contributed by atoms with van der Waals surface area (Å²) >= 11 is 0. The highest BCUT2D eigenvalue weighted by Gasteiger charge is 1.93. The van der Waals surface area contributed by atoms with Gasteiger partial charge in [-0.15, -0.1) is 0 Å². The van der Waals surface area contributed by atoms with Crippen molar-refractivity contribution in [2.75, 3.05) is 39.8 Å². The van der Waals surface area contributed by atoms with Crippen LogP contribution in [-0.2, 0) is 14.2 Å². The third-order valence-electron chi connectivity index (χ3n) is 3.08. The van der Waals surface area contributed by atoms with E-state index >= 15 is 0 Å². The lowest BCUT2D eigenvalue weighted by Crippen LogP contribution is -2.04. The average molecular weight is 290 g/mol. The number of hydrogen-bond donors (Lipinski definition) is 1. The molecule has 0 unspecified atom stereocenters. The molecule has 0 bridgehead atoms. The first-order valence-corrected chi connectivity index (χ1v) is 8.26. The van der Waals surface area contributed by atoms with Crippen LogP contribution in [0.4, 0.5) is 0 Å². The van der Waals surface area contributed by atoms with Gasteiger partial charge in [-0.05, 0) is 32.1 Å². The Kier molecular flexibility index (Phi) is 18.7. The number of rotatable bonds is 17. The predicted molar refractivity (Wildman–Crippen MR) is 81.9 cm³/mol. The van der Waals surface area contributed by atoms with Crippen molar-refractivity contribution in [1.29, 1.82) is 0 Å². The maximum absolute atomic E-state index is 8.60. The van der Waals surface area contributed by atoms with E-state index < -0.39 is 0 Å². The Morgan fingerprint density at radius 1 is 0.600 bits per heavy atom. The molecule has 0 aromatic rings. The zero-order valence-electron chi connectivity index (χ0n) is 13.3. The fraction of sp³-hybridized carbons (Fsp3) is 1.00. The second-order valence-corrected chi connectivity index (χ2v) is 5.10. The predicted octanol–water partition coefficient (Wildman–Crippen LogP) is 3.52. The number of aliphatic hydroxyl groups excluding tert-OH is 1. The molecule has 0 aliphatic carbocycles. The summed E-state index contributed by atoms with van der Waals surface area (Å²) in [5.74, 6) is 0. The molecule has 0 aromatic carbocycles. The van der Waals surface area contributed by atoms with Gasteiger partial charge in [-0.2, -0.15) is 0 Å². The molecule has 20 heavy (non-hydrogen) atoms.